The van der Waals surface area contributed by atoms with Crippen LogP contribution in [0.5, 0.6) is 0 Å². The number of hydrazine groups is 1. The van der Waals surface area contributed by atoms with Crippen molar-refractivity contribution in [3.63, 3.8) is 0 Å². The fourth-order valence-electron chi connectivity index (χ4n) is 1.63. The van der Waals surface area contributed by atoms with Gasteiger partial charge in [0.15, 0.2) is 5.65 Å². The number of fused-ring (bicyclic) bond motifs is 1. The van der Waals surface area contributed by atoms with Crippen LogP contribution in [0.3, 0.4) is 0 Å². The lowest BCUT2D eigenvalue weighted by molar-refractivity contribution is 0.995. The topological polar surface area (TPSA) is 130 Å². The first-order chi connectivity index (χ1) is 9.36. The molecular formula is C10H11N9. The van der Waals surface area contributed by atoms with Gasteiger partial charge in [-0.2, -0.15) is 15.1 Å². The average Bonchev–Trinajstić information content (AvgIpc) is 2.94. The second kappa shape index (κ2) is 4.82. The maximum Gasteiger partial charge on any atom is 0.241 e. The molecule has 96 valence electrons. The quantitative estimate of drug-likeness (QED) is 0.380. The molecule has 19 heavy (non-hydrogen) atoms. The second-order valence-electron chi connectivity index (χ2n) is 3.73. The number of hydrogen-bond donors (Lipinski definition) is 4. The van der Waals surface area contributed by atoms with Crippen LogP contribution in [0.15, 0.2) is 24.8 Å². The minimum absolute atomic E-state index is 0.307. The predicted molar refractivity (Wildman–Crippen MR) is 68.9 cm³/mol. The molecule has 0 radical (unpaired) electrons. The van der Waals surface area contributed by atoms with Gasteiger partial charge in [-0.05, 0) is 6.07 Å². The number of rotatable bonds is 4. The Bertz CT molecular complexity index is 678. The smallest absolute Gasteiger partial charge is 0.241 e. The third-order valence-corrected chi connectivity index (χ3v) is 2.52. The van der Waals surface area contributed by atoms with E-state index in [4.69, 9.17) is 5.84 Å². The standard InChI is InChI=1S/C10H11N9/c11-18-10-16-8(7-4-15-19-9(7)17-10)13-3-6-1-2-12-5-14-6/h1-2,4-5H,3,11H2,(H3,13,15,16,17,18,19). The maximum absolute atomic E-state index is 5.33. The van der Waals surface area contributed by atoms with E-state index in [1.54, 1.807) is 12.4 Å². The minimum atomic E-state index is 0.307. The molecule has 0 saturated heterocycles. The number of aromatic nitrogens is 6. The fraction of sp³-hybridized carbons (Fsp3) is 0.100. The molecule has 0 bridgehead atoms. The van der Waals surface area contributed by atoms with Crippen molar-refractivity contribution in [1.82, 2.24) is 30.1 Å². The van der Waals surface area contributed by atoms with Crippen LogP contribution in [-0.2, 0) is 6.54 Å². The summed E-state index contributed by atoms with van der Waals surface area (Å²) in [5.41, 5.74) is 3.87. The molecule has 0 unspecified atom stereocenters. The van der Waals surface area contributed by atoms with Crippen LogP contribution in [-0.4, -0.2) is 30.1 Å². The summed E-state index contributed by atoms with van der Waals surface area (Å²) < 4.78 is 0. The predicted octanol–water partition coefficient (Wildman–Crippen LogP) is 0.0406. The van der Waals surface area contributed by atoms with Crippen LogP contribution in [0.4, 0.5) is 11.8 Å². The number of anilines is 2. The Kier molecular flexibility index (Phi) is 2.86. The lowest BCUT2D eigenvalue weighted by Gasteiger charge is -2.07. The number of nitrogens with one attached hydrogen (secondary N) is 3. The van der Waals surface area contributed by atoms with Gasteiger partial charge in [0.05, 0.1) is 23.8 Å². The molecule has 3 heterocycles. The molecule has 3 aromatic rings. The highest BCUT2D eigenvalue weighted by Crippen LogP contribution is 2.19. The molecular weight excluding hydrogens is 246 g/mol. The van der Waals surface area contributed by atoms with E-state index in [0.29, 0.717) is 24.0 Å². The first kappa shape index (κ1) is 11.3. The first-order valence-corrected chi connectivity index (χ1v) is 5.53. The van der Waals surface area contributed by atoms with Crippen LogP contribution in [0, 0.1) is 0 Å². The molecule has 0 spiro atoms. The number of nitrogen functional groups attached to an aromatic ring is 1. The van der Waals surface area contributed by atoms with Crippen molar-refractivity contribution in [3.8, 4) is 0 Å². The van der Waals surface area contributed by atoms with Crippen molar-refractivity contribution in [3.05, 3.63) is 30.5 Å². The highest BCUT2D eigenvalue weighted by Gasteiger charge is 2.08. The SMILES string of the molecule is NNc1nc(NCc2ccncn2)c2cn[nH]c2n1. The Balaban J connectivity index is 1.89. The Morgan fingerprint density at radius 1 is 1.32 bits per heavy atom. The summed E-state index contributed by atoms with van der Waals surface area (Å²) in [4.78, 5) is 16.4. The van der Waals surface area contributed by atoms with Crippen LogP contribution in [0.1, 0.15) is 5.69 Å². The number of nitrogens with zero attached hydrogens (tertiary/aromatic N) is 5. The highest BCUT2D eigenvalue weighted by atomic mass is 15.3. The van der Waals surface area contributed by atoms with E-state index in [9.17, 15) is 0 Å². The van der Waals surface area contributed by atoms with Gasteiger partial charge >= 0.3 is 0 Å². The Hall–Kier alpha value is -2.81. The summed E-state index contributed by atoms with van der Waals surface area (Å²) in [6.07, 6.45) is 4.83. The average molecular weight is 257 g/mol. The van der Waals surface area contributed by atoms with Crippen molar-refractivity contribution in [2.75, 3.05) is 10.7 Å². The molecule has 0 saturated carbocycles. The van der Waals surface area contributed by atoms with Crippen LogP contribution < -0.4 is 16.6 Å². The fourth-order valence-corrected chi connectivity index (χ4v) is 1.63. The number of hydrogen-bond acceptors (Lipinski definition) is 8. The zero-order chi connectivity index (χ0) is 13.1. The summed E-state index contributed by atoms with van der Waals surface area (Å²) in [5.74, 6) is 6.27. The highest BCUT2D eigenvalue weighted by molar-refractivity contribution is 5.86. The summed E-state index contributed by atoms with van der Waals surface area (Å²) in [6.45, 7) is 0.518. The molecule has 0 aliphatic rings. The second-order valence-corrected chi connectivity index (χ2v) is 3.73. The monoisotopic (exact) mass is 257 g/mol. The molecule has 3 rings (SSSR count). The normalized spacial score (nSPS) is 10.6. The van der Waals surface area contributed by atoms with E-state index in [2.05, 4.69) is 40.9 Å². The molecule has 0 fully saturated rings. The molecule has 0 aromatic carbocycles. The Morgan fingerprint density at radius 3 is 3.05 bits per heavy atom. The lowest BCUT2D eigenvalue weighted by atomic mass is 10.3. The molecule has 5 N–H and O–H groups in total. The Labute approximate surface area is 107 Å². The molecule has 0 aliphatic carbocycles. The third kappa shape index (κ3) is 2.26. The van der Waals surface area contributed by atoms with Gasteiger partial charge in [-0.3, -0.25) is 10.5 Å². The van der Waals surface area contributed by atoms with Crippen molar-refractivity contribution >= 4 is 22.8 Å². The largest absolute Gasteiger partial charge is 0.364 e. The molecule has 0 atom stereocenters. The summed E-state index contributed by atoms with van der Waals surface area (Å²) in [6, 6.07) is 1.82. The van der Waals surface area contributed by atoms with E-state index >= 15 is 0 Å². The molecule has 3 aromatic heterocycles. The number of H-pyrrole nitrogens is 1. The molecule has 9 nitrogen and oxygen atoms in total. The van der Waals surface area contributed by atoms with Crippen molar-refractivity contribution in [2.24, 2.45) is 5.84 Å². The van der Waals surface area contributed by atoms with E-state index in [0.717, 1.165) is 11.1 Å². The van der Waals surface area contributed by atoms with E-state index in [1.807, 2.05) is 6.07 Å². The molecule has 9 heteroatoms. The van der Waals surface area contributed by atoms with Crippen molar-refractivity contribution < 1.29 is 0 Å². The molecule has 0 amide bonds. The van der Waals surface area contributed by atoms with Gasteiger partial charge in [0, 0.05) is 6.20 Å². The van der Waals surface area contributed by atoms with E-state index < -0.39 is 0 Å². The van der Waals surface area contributed by atoms with Crippen molar-refractivity contribution in [1.29, 1.82) is 0 Å². The van der Waals surface area contributed by atoms with Gasteiger partial charge in [-0.25, -0.2) is 15.8 Å². The van der Waals surface area contributed by atoms with Crippen LogP contribution in [0.25, 0.3) is 11.0 Å². The third-order valence-electron chi connectivity index (χ3n) is 2.52. The lowest BCUT2D eigenvalue weighted by Crippen LogP contribution is -2.12. The van der Waals surface area contributed by atoms with Gasteiger partial charge in [0.1, 0.15) is 12.1 Å². The summed E-state index contributed by atoms with van der Waals surface area (Å²) in [7, 11) is 0. The van der Waals surface area contributed by atoms with Gasteiger partial charge in [-0.15, -0.1) is 0 Å². The number of nitrogens with two attached hydrogens (primary N) is 1. The van der Waals surface area contributed by atoms with Gasteiger partial charge in [0.25, 0.3) is 0 Å². The van der Waals surface area contributed by atoms with Gasteiger partial charge in [-0.1, -0.05) is 0 Å². The zero-order valence-electron chi connectivity index (χ0n) is 9.83. The molecule has 0 aliphatic heterocycles. The van der Waals surface area contributed by atoms with Crippen LogP contribution in [0.2, 0.25) is 0 Å². The summed E-state index contributed by atoms with van der Waals surface area (Å²) in [5, 5.41) is 10.7. The van der Waals surface area contributed by atoms with E-state index in [-0.39, 0.29) is 0 Å². The minimum Gasteiger partial charge on any atom is -0.364 e. The van der Waals surface area contributed by atoms with Gasteiger partial charge in [0.2, 0.25) is 5.95 Å². The van der Waals surface area contributed by atoms with Gasteiger partial charge < -0.3 is 5.32 Å². The van der Waals surface area contributed by atoms with Crippen LogP contribution >= 0.6 is 0 Å². The summed E-state index contributed by atoms with van der Waals surface area (Å²) >= 11 is 0. The van der Waals surface area contributed by atoms with Crippen molar-refractivity contribution in [2.45, 2.75) is 6.54 Å². The Morgan fingerprint density at radius 2 is 2.26 bits per heavy atom. The van der Waals surface area contributed by atoms with E-state index in [1.165, 1.54) is 6.33 Å². The zero-order valence-corrected chi connectivity index (χ0v) is 9.83. The first-order valence-electron chi connectivity index (χ1n) is 5.53. The number of aromatic amines is 1. The maximum atomic E-state index is 5.33.